The lowest BCUT2D eigenvalue weighted by atomic mass is 10.0. The smallest absolute Gasteiger partial charge is 0.338 e. The van der Waals surface area contributed by atoms with Gasteiger partial charge in [-0.2, -0.15) is 0 Å². The second-order valence-corrected chi connectivity index (χ2v) is 9.57. The van der Waals surface area contributed by atoms with Crippen LogP contribution in [-0.4, -0.2) is 70.5 Å². The molecule has 3 fully saturated rings. The predicted octanol–water partition coefficient (Wildman–Crippen LogP) is 4.09. The molecule has 0 aliphatic carbocycles. The lowest BCUT2D eigenvalue weighted by molar-refractivity contribution is 0.0509. The van der Waals surface area contributed by atoms with Crippen LogP contribution in [0.2, 0.25) is 0 Å². The maximum absolute atomic E-state index is 12.6. The van der Waals surface area contributed by atoms with Crippen molar-refractivity contribution in [2.45, 2.75) is 24.7 Å². The van der Waals surface area contributed by atoms with Gasteiger partial charge in [0, 0.05) is 6.42 Å². The Bertz CT molecular complexity index is 1230. The van der Waals surface area contributed by atoms with Crippen LogP contribution in [0.5, 0.6) is 17.2 Å². The monoisotopic (exact) mass is 518 g/mol. The van der Waals surface area contributed by atoms with Crippen molar-refractivity contribution >= 4 is 5.97 Å². The van der Waals surface area contributed by atoms with Gasteiger partial charge in [0.25, 0.3) is 0 Å². The summed E-state index contributed by atoms with van der Waals surface area (Å²) >= 11 is 0. The molecule has 198 valence electrons. The zero-order valence-corrected chi connectivity index (χ0v) is 21.0. The Balaban J connectivity index is 0.996. The summed E-state index contributed by atoms with van der Waals surface area (Å²) in [4.78, 5) is 12.6. The Morgan fingerprint density at radius 2 is 1.24 bits per heavy atom. The summed E-state index contributed by atoms with van der Waals surface area (Å²) in [7, 11) is 0. The minimum Gasteiger partial charge on any atom is -0.491 e. The van der Waals surface area contributed by atoms with E-state index in [9.17, 15) is 4.79 Å². The first-order valence-corrected chi connectivity index (χ1v) is 12.9. The maximum Gasteiger partial charge on any atom is 0.338 e. The number of esters is 1. The van der Waals surface area contributed by atoms with Crippen molar-refractivity contribution in [3.05, 3.63) is 77.9 Å². The molecule has 8 heteroatoms. The lowest BCUT2D eigenvalue weighted by Gasteiger charge is -2.13. The zero-order chi connectivity index (χ0) is 25.7. The molecular weight excluding hydrogens is 488 g/mol. The third-order valence-electron chi connectivity index (χ3n) is 6.43. The summed E-state index contributed by atoms with van der Waals surface area (Å²) in [5.41, 5.74) is 3.56. The van der Waals surface area contributed by atoms with Crippen LogP contribution in [0.15, 0.2) is 66.7 Å². The number of hydrogen-bond donors (Lipinski definition) is 0. The minimum atomic E-state index is -0.352. The molecule has 3 aromatic carbocycles. The number of benzene rings is 3. The SMILES string of the molecule is O=C(OCCc1ccc(OCC2CO2)c(OCC2CO2)c1)c1ccc(-c2ccc(OCC3CO3)cc2)cc1. The highest BCUT2D eigenvalue weighted by Crippen LogP contribution is 2.31. The van der Waals surface area contributed by atoms with E-state index in [0.29, 0.717) is 43.3 Å². The van der Waals surface area contributed by atoms with E-state index in [1.807, 2.05) is 54.6 Å². The molecule has 3 aliphatic rings. The molecule has 3 aliphatic heterocycles. The normalized spacial score (nSPS) is 20.9. The number of rotatable bonds is 14. The van der Waals surface area contributed by atoms with Gasteiger partial charge in [-0.15, -0.1) is 0 Å². The van der Waals surface area contributed by atoms with Crippen molar-refractivity contribution in [2.24, 2.45) is 0 Å². The standard InChI is InChI=1S/C30H30O8/c31-30(23-4-2-21(3-5-23)22-6-8-24(9-7-22)33-14-25-15-34-25)32-12-11-20-1-10-28(37-18-26-16-35-26)29(13-20)38-19-27-17-36-27/h1-10,13,25-27H,11-12,14-19H2. The van der Waals surface area contributed by atoms with Gasteiger partial charge in [-0.05, 0) is 53.1 Å². The van der Waals surface area contributed by atoms with Crippen molar-refractivity contribution in [2.75, 3.05) is 46.2 Å². The predicted molar refractivity (Wildman–Crippen MR) is 138 cm³/mol. The third kappa shape index (κ3) is 7.04. The summed E-state index contributed by atoms with van der Waals surface area (Å²) in [5, 5.41) is 0. The topological polar surface area (TPSA) is 91.6 Å². The van der Waals surface area contributed by atoms with Crippen LogP contribution in [0.3, 0.4) is 0 Å². The number of ether oxygens (including phenoxy) is 7. The number of carbonyl (C=O) groups excluding carboxylic acids is 1. The largest absolute Gasteiger partial charge is 0.491 e. The zero-order valence-electron chi connectivity index (χ0n) is 21.0. The van der Waals surface area contributed by atoms with Crippen LogP contribution in [0.25, 0.3) is 11.1 Å². The van der Waals surface area contributed by atoms with Crippen molar-refractivity contribution in [1.29, 1.82) is 0 Å². The summed E-state index contributed by atoms with van der Waals surface area (Å²) in [6.45, 7) is 4.06. The summed E-state index contributed by atoms with van der Waals surface area (Å²) in [6, 6.07) is 21.1. The van der Waals surface area contributed by atoms with Crippen molar-refractivity contribution in [3.8, 4) is 28.4 Å². The maximum atomic E-state index is 12.6. The van der Waals surface area contributed by atoms with Gasteiger partial charge in [-0.25, -0.2) is 4.79 Å². The van der Waals surface area contributed by atoms with Crippen LogP contribution in [0.1, 0.15) is 15.9 Å². The number of carbonyl (C=O) groups is 1. The average Bonchev–Trinajstić information content (AvgIpc) is 3.81. The summed E-state index contributed by atoms with van der Waals surface area (Å²) in [6.07, 6.45) is 1.10. The molecule has 38 heavy (non-hydrogen) atoms. The summed E-state index contributed by atoms with van der Waals surface area (Å²) in [5.74, 6) is 1.80. The molecule has 0 saturated carbocycles. The Kier molecular flexibility index (Phi) is 7.44. The van der Waals surface area contributed by atoms with Crippen molar-refractivity contribution < 1.29 is 38.0 Å². The molecule has 3 saturated heterocycles. The molecule has 0 N–H and O–H groups in total. The van der Waals surface area contributed by atoms with Crippen LogP contribution in [0, 0.1) is 0 Å². The van der Waals surface area contributed by atoms with Crippen molar-refractivity contribution in [3.63, 3.8) is 0 Å². The van der Waals surface area contributed by atoms with E-state index < -0.39 is 0 Å². The third-order valence-corrected chi connectivity index (χ3v) is 6.43. The number of epoxide rings is 3. The van der Waals surface area contributed by atoms with Gasteiger partial charge < -0.3 is 33.2 Å². The molecule has 0 radical (unpaired) electrons. The van der Waals surface area contributed by atoms with E-state index in [-0.39, 0.29) is 30.9 Å². The molecule has 3 unspecified atom stereocenters. The minimum absolute atomic E-state index is 0.145. The van der Waals surface area contributed by atoms with Crippen molar-refractivity contribution in [1.82, 2.24) is 0 Å². The van der Waals surface area contributed by atoms with Crippen LogP contribution < -0.4 is 14.2 Å². The highest BCUT2D eigenvalue weighted by molar-refractivity contribution is 5.90. The van der Waals surface area contributed by atoms with Gasteiger partial charge >= 0.3 is 5.97 Å². The first-order chi connectivity index (χ1) is 18.7. The molecule has 8 nitrogen and oxygen atoms in total. The van der Waals surface area contributed by atoms with E-state index in [0.717, 1.165) is 42.3 Å². The fraction of sp³-hybridized carbons (Fsp3) is 0.367. The average molecular weight is 519 g/mol. The quantitative estimate of drug-likeness (QED) is 0.233. The Morgan fingerprint density at radius 1 is 0.684 bits per heavy atom. The lowest BCUT2D eigenvalue weighted by Crippen LogP contribution is -2.10. The van der Waals surface area contributed by atoms with E-state index in [1.165, 1.54) is 0 Å². The molecule has 0 amide bonds. The molecule has 0 aromatic heterocycles. The van der Waals surface area contributed by atoms with Crippen LogP contribution >= 0.6 is 0 Å². The molecule has 3 atom stereocenters. The van der Waals surface area contributed by atoms with E-state index >= 15 is 0 Å². The Labute approximate surface area is 221 Å². The molecule has 3 heterocycles. The highest BCUT2D eigenvalue weighted by Gasteiger charge is 2.26. The molecule has 0 spiro atoms. The van der Waals surface area contributed by atoms with Gasteiger partial charge in [-0.1, -0.05) is 30.3 Å². The van der Waals surface area contributed by atoms with Crippen LogP contribution in [-0.2, 0) is 25.4 Å². The first-order valence-electron chi connectivity index (χ1n) is 12.9. The molecule has 3 aromatic rings. The van der Waals surface area contributed by atoms with Gasteiger partial charge in [0.1, 0.15) is 43.9 Å². The Hall–Kier alpha value is -3.59. The van der Waals surface area contributed by atoms with Gasteiger partial charge in [0.2, 0.25) is 0 Å². The van der Waals surface area contributed by atoms with Gasteiger partial charge in [0.05, 0.1) is 32.0 Å². The number of hydrogen-bond acceptors (Lipinski definition) is 8. The van der Waals surface area contributed by atoms with Gasteiger partial charge in [-0.3, -0.25) is 0 Å². The molecule has 6 rings (SSSR count). The van der Waals surface area contributed by atoms with E-state index in [1.54, 1.807) is 12.1 Å². The fourth-order valence-corrected chi connectivity index (χ4v) is 3.87. The molecule has 0 bridgehead atoms. The summed E-state index contributed by atoms with van der Waals surface area (Å²) < 4.78 is 38.6. The van der Waals surface area contributed by atoms with Crippen LogP contribution in [0.4, 0.5) is 0 Å². The molecular formula is C30H30O8. The fourth-order valence-electron chi connectivity index (χ4n) is 3.87. The Morgan fingerprint density at radius 3 is 1.84 bits per heavy atom. The first kappa shape index (κ1) is 24.7. The second kappa shape index (κ2) is 11.4. The van der Waals surface area contributed by atoms with Gasteiger partial charge in [0.15, 0.2) is 11.5 Å². The van der Waals surface area contributed by atoms with E-state index in [2.05, 4.69) is 0 Å². The second-order valence-electron chi connectivity index (χ2n) is 9.57. The highest BCUT2D eigenvalue weighted by atomic mass is 16.6. The van der Waals surface area contributed by atoms with E-state index in [4.69, 9.17) is 33.2 Å².